The molecule has 126 valence electrons. The summed E-state index contributed by atoms with van der Waals surface area (Å²) in [5.74, 6) is 0.769. The summed E-state index contributed by atoms with van der Waals surface area (Å²) in [5, 5.41) is 20.4. The maximum Gasteiger partial charge on any atom is 0.139 e. The van der Waals surface area contributed by atoms with Crippen molar-refractivity contribution in [2.45, 2.75) is 38.2 Å². The number of fused-ring (bicyclic) bond motifs is 3. The van der Waals surface area contributed by atoms with Crippen LogP contribution in [0.4, 0.5) is 11.5 Å². The maximum absolute atomic E-state index is 10.5. The fourth-order valence-corrected chi connectivity index (χ4v) is 4.12. The standard InChI is InChI=1S/C18H22N4O2/c1-18(2)7-12-11(15-14(18)17(19)21-9-20-15)3-4-13(24)16(12)22-6-5-10(23)8-22/h3-4,9-10,23-24H,5-8H2,1-2H3,(H2,19,20,21). The Bertz CT molecular complexity index is 819. The molecule has 24 heavy (non-hydrogen) atoms. The summed E-state index contributed by atoms with van der Waals surface area (Å²) in [7, 11) is 0. The molecule has 1 aliphatic carbocycles. The van der Waals surface area contributed by atoms with Gasteiger partial charge in [-0.15, -0.1) is 0 Å². The third-order valence-corrected chi connectivity index (χ3v) is 5.17. The Morgan fingerprint density at radius 3 is 2.79 bits per heavy atom. The van der Waals surface area contributed by atoms with Gasteiger partial charge in [0, 0.05) is 24.2 Å². The van der Waals surface area contributed by atoms with Gasteiger partial charge in [0.25, 0.3) is 0 Å². The second kappa shape index (κ2) is 5.08. The van der Waals surface area contributed by atoms with E-state index in [1.54, 1.807) is 6.07 Å². The number of nitrogens with zero attached hydrogens (tertiary/aromatic N) is 3. The molecule has 0 saturated carbocycles. The molecule has 6 nitrogen and oxygen atoms in total. The molecule has 0 bridgehead atoms. The van der Waals surface area contributed by atoms with Crippen LogP contribution in [0, 0.1) is 0 Å². The molecule has 1 unspecified atom stereocenters. The van der Waals surface area contributed by atoms with E-state index in [0.717, 1.165) is 47.5 Å². The average molecular weight is 326 g/mol. The van der Waals surface area contributed by atoms with Crippen molar-refractivity contribution in [3.05, 3.63) is 29.6 Å². The van der Waals surface area contributed by atoms with Gasteiger partial charge in [-0.1, -0.05) is 13.8 Å². The van der Waals surface area contributed by atoms with Gasteiger partial charge in [-0.25, -0.2) is 9.97 Å². The number of hydrogen-bond acceptors (Lipinski definition) is 6. The molecular formula is C18H22N4O2. The summed E-state index contributed by atoms with van der Waals surface area (Å²) in [6.07, 6.45) is 2.61. The third-order valence-electron chi connectivity index (χ3n) is 5.17. The Kier molecular flexibility index (Phi) is 3.22. The fraction of sp³-hybridized carbons (Fsp3) is 0.444. The van der Waals surface area contributed by atoms with Crippen LogP contribution in [0.2, 0.25) is 0 Å². The number of phenols is 1. The van der Waals surface area contributed by atoms with E-state index in [-0.39, 0.29) is 17.3 Å². The van der Waals surface area contributed by atoms with E-state index in [1.165, 1.54) is 6.33 Å². The zero-order valence-electron chi connectivity index (χ0n) is 14.0. The summed E-state index contributed by atoms with van der Waals surface area (Å²) >= 11 is 0. The van der Waals surface area contributed by atoms with Gasteiger partial charge >= 0.3 is 0 Å². The Morgan fingerprint density at radius 2 is 2.08 bits per heavy atom. The minimum Gasteiger partial charge on any atom is -0.506 e. The largest absolute Gasteiger partial charge is 0.506 e. The molecule has 1 aromatic carbocycles. The van der Waals surface area contributed by atoms with Crippen LogP contribution in [-0.4, -0.2) is 39.4 Å². The number of β-amino-alcohol motifs (C(OH)–C–C–N with tert-alkyl or cyclic N) is 1. The third kappa shape index (κ3) is 2.13. The molecule has 6 heteroatoms. The lowest BCUT2D eigenvalue weighted by atomic mass is 9.71. The van der Waals surface area contributed by atoms with Crippen molar-refractivity contribution in [2.75, 3.05) is 23.7 Å². The molecule has 0 amide bonds. The SMILES string of the molecule is CC1(C)Cc2c(ccc(O)c2N2CCC(O)C2)-c2ncnc(N)c21. The molecule has 4 rings (SSSR count). The van der Waals surface area contributed by atoms with E-state index in [1.807, 2.05) is 6.07 Å². The van der Waals surface area contributed by atoms with Crippen LogP contribution < -0.4 is 10.6 Å². The first-order chi connectivity index (χ1) is 11.4. The van der Waals surface area contributed by atoms with Crippen LogP contribution in [0.5, 0.6) is 5.75 Å². The first kappa shape index (κ1) is 15.2. The maximum atomic E-state index is 10.5. The number of nitrogen functional groups attached to an aromatic ring is 1. The van der Waals surface area contributed by atoms with E-state index >= 15 is 0 Å². The molecule has 1 fully saturated rings. The molecule has 0 spiro atoms. The van der Waals surface area contributed by atoms with Crippen LogP contribution in [0.15, 0.2) is 18.5 Å². The Balaban J connectivity index is 1.96. The van der Waals surface area contributed by atoms with E-state index in [0.29, 0.717) is 12.4 Å². The van der Waals surface area contributed by atoms with Crippen LogP contribution in [0.3, 0.4) is 0 Å². The summed E-state index contributed by atoms with van der Waals surface area (Å²) in [6, 6.07) is 3.61. The van der Waals surface area contributed by atoms with Gasteiger partial charge in [0.15, 0.2) is 0 Å². The predicted molar refractivity (Wildman–Crippen MR) is 93.1 cm³/mol. The van der Waals surface area contributed by atoms with E-state index in [9.17, 15) is 10.2 Å². The number of hydrogen-bond donors (Lipinski definition) is 3. The lowest BCUT2D eigenvalue weighted by Gasteiger charge is -2.36. The number of aliphatic hydroxyl groups is 1. The number of phenolic OH excluding ortho intramolecular Hbond substituents is 1. The molecule has 2 aliphatic rings. The minimum absolute atomic E-state index is 0.228. The molecule has 1 atom stereocenters. The van der Waals surface area contributed by atoms with E-state index in [4.69, 9.17) is 5.73 Å². The summed E-state index contributed by atoms with van der Waals surface area (Å²) in [5.41, 5.74) is 10.6. The number of nitrogens with two attached hydrogens (primary N) is 1. The molecule has 2 heterocycles. The van der Waals surface area contributed by atoms with Crippen molar-refractivity contribution < 1.29 is 10.2 Å². The molecule has 4 N–H and O–H groups in total. The van der Waals surface area contributed by atoms with E-state index < -0.39 is 0 Å². The average Bonchev–Trinajstić information content (AvgIpc) is 2.92. The van der Waals surface area contributed by atoms with Gasteiger partial charge in [0.2, 0.25) is 0 Å². The second-order valence-corrected chi connectivity index (χ2v) is 7.39. The lowest BCUT2D eigenvalue weighted by molar-refractivity contribution is 0.198. The topological polar surface area (TPSA) is 95.5 Å². The van der Waals surface area contributed by atoms with Crippen molar-refractivity contribution in [3.8, 4) is 17.0 Å². The van der Waals surface area contributed by atoms with Gasteiger partial charge < -0.3 is 20.8 Å². The first-order valence-electron chi connectivity index (χ1n) is 8.27. The number of aliphatic hydroxyl groups excluding tert-OH is 1. The quantitative estimate of drug-likeness (QED) is 0.740. The highest BCUT2D eigenvalue weighted by atomic mass is 16.3. The summed E-state index contributed by atoms with van der Waals surface area (Å²) in [4.78, 5) is 10.7. The molecular weight excluding hydrogens is 304 g/mol. The highest BCUT2D eigenvalue weighted by Crippen LogP contribution is 2.49. The number of aromatic hydroxyl groups is 1. The zero-order chi connectivity index (χ0) is 17.1. The monoisotopic (exact) mass is 326 g/mol. The first-order valence-corrected chi connectivity index (χ1v) is 8.27. The predicted octanol–water partition coefficient (Wildman–Crippen LogP) is 1.84. The van der Waals surface area contributed by atoms with Crippen molar-refractivity contribution in [3.63, 3.8) is 0 Å². The number of rotatable bonds is 1. The zero-order valence-corrected chi connectivity index (χ0v) is 14.0. The van der Waals surface area contributed by atoms with E-state index in [2.05, 4.69) is 28.7 Å². The van der Waals surface area contributed by atoms with Gasteiger partial charge in [0.05, 0.1) is 17.5 Å². The smallest absolute Gasteiger partial charge is 0.139 e. The highest BCUT2D eigenvalue weighted by molar-refractivity contribution is 5.83. The number of anilines is 2. The summed E-state index contributed by atoms with van der Waals surface area (Å²) < 4.78 is 0. The van der Waals surface area contributed by atoms with Crippen molar-refractivity contribution >= 4 is 11.5 Å². The van der Waals surface area contributed by atoms with Crippen LogP contribution in [0.1, 0.15) is 31.4 Å². The second-order valence-electron chi connectivity index (χ2n) is 7.39. The van der Waals surface area contributed by atoms with Crippen LogP contribution in [-0.2, 0) is 11.8 Å². The minimum atomic E-state index is -0.345. The molecule has 1 aliphatic heterocycles. The summed E-state index contributed by atoms with van der Waals surface area (Å²) in [6.45, 7) is 5.54. The van der Waals surface area contributed by atoms with Crippen molar-refractivity contribution in [2.24, 2.45) is 0 Å². The molecule has 1 saturated heterocycles. The Morgan fingerprint density at radius 1 is 1.29 bits per heavy atom. The van der Waals surface area contributed by atoms with Crippen LogP contribution in [0.25, 0.3) is 11.3 Å². The lowest BCUT2D eigenvalue weighted by Crippen LogP contribution is -2.31. The van der Waals surface area contributed by atoms with Crippen molar-refractivity contribution in [1.82, 2.24) is 9.97 Å². The normalized spacial score (nSPS) is 21.5. The van der Waals surface area contributed by atoms with Crippen molar-refractivity contribution in [1.29, 1.82) is 0 Å². The van der Waals surface area contributed by atoms with Gasteiger partial charge in [-0.2, -0.15) is 0 Å². The highest BCUT2D eigenvalue weighted by Gasteiger charge is 2.37. The molecule has 0 radical (unpaired) electrons. The Labute approximate surface area is 141 Å². The Hall–Kier alpha value is -2.34. The number of benzene rings is 1. The number of aromatic nitrogens is 2. The molecule has 1 aromatic heterocycles. The van der Waals surface area contributed by atoms with Gasteiger partial charge in [-0.05, 0) is 36.0 Å². The van der Waals surface area contributed by atoms with Gasteiger partial charge in [-0.3, -0.25) is 0 Å². The molecule has 2 aromatic rings. The van der Waals surface area contributed by atoms with Gasteiger partial charge in [0.1, 0.15) is 17.9 Å². The van der Waals surface area contributed by atoms with Crippen LogP contribution >= 0.6 is 0 Å². The fourth-order valence-electron chi connectivity index (χ4n) is 4.12.